The molecule has 0 aliphatic heterocycles. The smallest absolute Gasteiger partial charge is 0.303 e. The number of fused-ring (bicyclic) bond motifs is 7. The van der Waals surface area contributed by atoms with Gasteiger partial charge in [-0.3, -0.25) is 4.79 Å². The number of carboxylic acids is 1. The van der Waals surface area contributed by atoms with Crippen LogP contribution in [0.25, 0.3) is 0 Å². The fraction of sp³-hybridized carbons (Fsp3) is 0.933. The van der Waals surface area contributed by atoms with Crippen molar-refractivity contribution >= 4 is 5.97 Å². The van der Waals surface area contributed by atoms with Crippen LogP contribution in [0.5, 0.6) is 0 Å². The summed E-state index contributed by atoms with van der Waals surface area (Å²) in [5, 5.41) is 19.8. The van der Waals surface area contributed by atoms with Gasteiger partial charge in [-0.15, -0.1) is 0 Å². The highest BCUT2D eigenvalue weighted by Crippen LogP contribution is 2.76. The molecular weight excluding hydrogens is 588 g/mol. The first-order chi connectivity index (χ1) is 22.6. The van der Waals surface area contributed by atoms with Gasteiger partial charge >= 0.3 is 5.97 Å². The number of aliphatic hydroxyl groups is 1. The number of hydrogen-bond acceptors (Lipinski definition) is 2. The topological polar surface area (TPSA) is 57.5 Å². The second-order valence-electron chi connectivity index (χ2n) is 20.4. The van der Waals surface area contributed by atoms with Gasteiger partial charge < -0.3 is 10.2 Å². The van der Waals surface area contributed by atoms with Crippen molar-refractivity contribution in [2.24, 2.45) is 50.2 Å². The Labute approximate surface area is 297 Å². The molecule has 0 aromatic carbocycles. The molecular formula is C45H78O3. The van der Waals surface area contributed by atoms with Crippen molar-refractivity contribution in [3.05, 3.63) is 11.6 Å². The van der Waals surface area contributed by atoms with E-state index >= 15 is 0 Å². The maximum atomic E-state index is 11.1. The zero-order chi connectivity index (χ0) is 34.8. The van der Waals surface area contributed by atoms with Crippen LogP contribution in [0.4, 0.5) is 0 Å². The summed E-state index contributed by atoms with van der Waals surface area (Å²) in [6.07, 6.45) is 34.7. The lowest BCUT2D eigenvalue weighted by molar-refractivity contribution is -0.203. The van der Waals surface area contributed by atoms with Crippen LogP contribution in [0.1, 0.15) is 209 Å². The van der Waals surface area contributed by atoms with E-state index in [2.05, 4.69) is 54.5 Å². The number of carbonyl (C=O) groups is 1. The van der Waals surface area contributed by atoms with Crippen molar-refractivity contribution < 1.29 is 15.0 Å². The number of aliphatic hydroxyl groups excluding tert-OH is 1. The summed E-state index contributed by atoms with van der Waals surface area (Å²) in [6.45, 7) is 18.0. The summed E-state index contributed by atoms with van der Waals surface area (Å²) in [6, 6.07) is 0. The molecule has 48 heavy (non-hydrogen) atoms. The summed E-state index contributed by atoms with van der Waals surface area (Å²) >= 11 is 0. The Morgan fingerprint density at radius 1 is 0.688 bits per heavy atom. The lowest BCUT2D eigenvalue weighted by Crippen LogP contribution is -2.64. The van der Waals surface area contributed by atoms with Gasteiger partial charge in [0.2, 0.25) is 0 Å². The van der Waals surface area contributed by atoms with Crippen molar-refractivity contribution in [1.82, 2.24) is 0 Å². The predicted molar refractivity (Wildman–Crippen MR) is 202 cm³/mol. The number of hydrogen-bond donors (Lipinski definition) is 2. The van der Waals surface area contributed by atoms with E-state index in [1.54, 1.807) is 0 Å². The van der Waals surface area contributed by atoms with Crippen molar-refractivity contribution in [2.75, 3.05) is 0 Å². The Morgan fingerprint density at radius 2 is 1.25 bits per heavy atom. The summed E-state index contributed by atoms with van der Waals surface area (Å²) in [5.41, 5.74) is 3.97. The maximum Gasteiger partial charge on any atom is 0.303 e. The monoisotopic (exact) mass is 667 g/mol. The van der Waals surface area contributed by atoms with Crippen LogP contribution < -0.4 is 0 Å². The van der Waals surface area contributed by atoms with Crippen molar-refractivity contribution in [2.45, 2.75) is 215 Å². The minimum Gasteiger partial charge on any atom is -0.481 e. The van der Waals surface area contributed by atoms with Gasteiger partial charge in [-0.05, 0) is 127 Å². The van der Waals surface area contributed by atoms with Crippen LogP contribution in [-0.2, 0) is 4.79 Å². The molecule has 5 aliphatic rings. The molecule has 276 valence electrons. The molecule has 0 unspecified atom stereocenters. The molecule has 0 amide bonds. The van der Waals surface area contributed by atoms with Gasteiger partial charge in [0.25, 0.3) is 0 Å². The number of unbranched alkanes of at least 4 members (excludes halogenated alkanes) is 12. The van der Waals surface area contributed by atoms with Crippen LogP contribution in [0.15, 0.2) is 11.6 Å². The van der Waals surface area contributed by atoms with Gasteiger partial charge in [0.15, 0.2) is 0 Å². The quantitative estimate of drug-likeness (QED) is 0.127. The first-order valence-electron chi connectivity index (χ1n) is 21.2. The Morgan fingerprint density at radius 3 is 1.85 bits per heavy atom. The van der Waals surface area contributed by atoms with E-state index in [-0.39, 0.29) is 11.5 Å². The van der Waals surface area contributed by atoms with Crippen molar-refractivity contribution in [3.8, 4) is 0 Å². The first-order valence-corrected chi connectivity index (χ1v) is 21.2. The van der Waals surface area contributed by atoms with E-state index in [9.17, 15) is 9.90 Å². The Hall–Kier alpha value is -0.830. The van der Waals surface area contributed by atoms with Gasteiger partial charge in [0.05, 0.1) is 6.10 Å². The van der Waals surface area contributed by atoms with E-state index in [0.717, 1.165) is 31.1 Å². The summed E-state index contributed by atoms with van der Waals surface area (Å²) in [4.78, 5) is 10.6. The molecule has 5 rings (SSSR count). The molecule has 5 aliphatic carbocycles. The molecule has 0 bridgehead atoms. The highest BCUT2D eigenvalue weighted by atomic mass is 16.4. The summed E-state index contributed by atoms with van der Waals surface area (Å²) < 4.78 is 0. The van der Waals surface area contributed by atoms with Crippen LogP contribution >= 0.6 is 0 Å². The fourth-order valence-corrected chi connectivity index (χ4v) is 13.5. The third-order valence-electron chi connectivity index (χ3n) is 16.9. The van der Waals surface area contributed by atoms with Crippen LogP contribution in [0, 0.1) is 50.2 Å². The van der Waals surface area contributed by atoms with Gasteiger partial charge in [-0.2, -0.15) is 0 Å². The van der Waals surface area contributed by atoms with Crippen molar-refractivity contribution in [3.63, 3.8) is 0 Å². The van der Waals surface area contributed by atoms with E-state index in [4.69, 9.17) is 5.11 Å². The summed E-state index contributed by atoms with van der Waals surface area (Å²) in [7, 11) is 0. The maximum absolute atomic E-state index is 11.1. The Bertz CT molecular complexity index is 1120. The highest BCUT2D eigenvalue weighted by Gasteiger charge is 2.68. The molecule has 0 radical (unpaired) electrons. The molecule has 0 heterocycles. The third-order valence-corrected chi connectivity index (χ3v) is 16.9. The van der Waals surface area contributed by atoms with Crippen molar-refractivity contribution in [1.29, 1.82) is 0 Å². The highest BCUT2D eigenvalue weighted by molar-refractivity contribution is 5.66. The number of carboxylic acid groups (broad SMARTS) is 1. The zero-order valence-corrected chi connectivity index (χ0v) is 32.9. The molecule has 2 N–H and O–H groups in total. The van der Waals surface area contributed by atoms with Crippen LogP contribution in [0.3, 0.4) is 0 Å². The predicted octanol–water partition coefficient (Wildman–Crippen LogP) is 13.1. The SMILES string of the molecule is CC1(C)CC[C@]2(CCCCCCCCCCCCCCCC(=O)O)CC[C@]3(C)C(=CC[C@@H]4[C@@]5(C)CC[C@H](O)C(C)(C)[C@@H]5CC[C@]43C)[C@@H]2C1. The van der Waals surface area contributed by atoms with Gasteiger partial charge in [0, 0.05) is 6.42 Å². The van der Waals surface area contributed by atoms with Gasteiger partial charge in [-0.1, -0.05) is 137 Å². The lowest BCUT2D eigenvalue weighted by atomic mass is 9.33. The minimum atomic E-state index is -0.651. The Kier molecular flexibility index (Phi) is 12.0. The van der Waals surface area contributed by atoms with E-state index in [1.165, 1.54) is 135 Å². The second-order valence-corrected chi connectivity index (χ2v) is 20.4. The van der Waals surface area contributed by atoms with Crippen LogP contribution in [-0.4, -0.2) is 22.3 Å². The van der Waals surface area contributed by atoms with Gasteiger partial charge in [-0.25, -0.2) is 0 Å². The normalized spacial score (nSPS) is 39.8. The number of aliphatic carboxylic acids is 1. The largest absolute Gasteiger partial charge is 0.481 e. The molecule has 4 fully saturated rings. The molecule has 8 atom stereocenters. The first kappa shape index (κ1) is 38.4. The molecule has 0 saturated heterocycles. The Balaban J connectivity index is 1.14. The zero-order valence-electron chi connectivity index (χ0n) is 32.9. The lowest BCUT2D eigenvalue weighted by Gasteiger charge is -2.71. The molecule has 3 nitrogen and oxygen atoms in total. The number of allylic oxidation sites excluding steroid dienone is 2. The summed E-state index contributed by atoms with van der Waals surface area (Å²) in [5.74, 6) is 1.50. The van der Waals surface area contributed by atoms with E-state index in [1.807, 2.05) is 5.57 Å². The average Bonchev–Trinajstić information content (AvgIpc) is 3.01. The second kappa shape index (κ2) is 15.0. The molecule has 0 aromatic heterocycles. The van der Waals surface area contributed by atoms with Gasteiger partial charge in [0.1, 0.15) is 0 Å². The molecule has 3 heteroatoms. The van der Waals surface area contributed by atoms with E-state index < -0.39 is 5.97 Å². The van der Waals surface area contributed by atoms with E-state index in [0.29, 0.717) is 39.4 Å². The van der Waals surface area contributed by atoms with Crippen LogP contribution in [0.2, 0.25) is 0 Å². The fourth-order valence-electron chi connectivity index (χ4n) is 13.5. The number of rotatable bonds is 16. The standard InChI is InChI=1S/C45H78O3/c1-40(2)29-31-45(26-20-18-16-14-12-10-8-9-11-13-15-17-19-21-39(47)48)32-30-43(6)34(35(45)33-40)22-23-37-42(5)27-25-38(46)41(3,4)36(42)24-28-44(37,43)7/h22,35-38,46H,8-21,23-33H2,1-7H3,(H,47,48)/t35-,36-,37+,38-,42-,43+,44+,45+/m0/s1. The molecule has 4 saturated carbocycles. The minimum absolute atomic E-state index is 0.0285. The molecule has 0 aromatic rings. The molecule has 0 spiro atoms. The average molecular weight is 667 g/mol. The third kappa shape index (κ3) is 7.39.